The molecule has 0 aliphatic heterocycles. The Bertz CT molecular complexity index is 1600. The van der Waals surface area contributed by atoms with Crippen LogP contribution in [-0.4, -0.2) is 31.7 Å². The Morgan fingerprint density at radius 1 is 0.947 bits per heavy atom. The summed E-state index contributed by atoms with van der Waals surface area (Å²) in [6.07, 6.45) is 1.54. The van der Waals surface area contributed by atoms with Gasteiger partial charge in [0, 0.05) is 32.7 Å². The fourth-order valence-corrected chi connectivity index (χ4v) is 5.75. The highest BCUT2D eigenvalue weighted by atomic mass is 35.5. The minimum Gasteiger partial charge on any atom is -0.318 e. The molecule has 0 radical (unpaired) electrons. The molecule has 0 unspecified atom stereocenters. The molecule has 0 fully saturated rings. The maximum Gasteiger partial charge on any atom is 0.264 e. The number of hydrazone groups is 1. The summed E-state index contributed by atoms with van der Waals surface area (Å²) >= 11 is 12.0. The maximum atomic E-state index is 13.4. The van der Waals surface area contributed by atoms with E-state index in [1.165, 1.54) is 35.9 Å². The van der Waals surface area contributed by atoms with Crippen molar-refractivity contribution in [3.05, 3.63) is 111 Å². The van der Waals surface area contributed by atoms with Crippen LogP contribution < -0.4 is 9.73 Å². The predicted molar refractivity (Wildman–Crippen MR) is 153 cm³/mol. The van der Waals surface area contributed by atoms with Gasteiger partial charge in [-0.3, -0.25) is 9.10 Å². The third-order valence-corrected chi connectivity index (χ3v) is 8.22. The van der Waals surface area contributed by atoms with E-state index in [9.17, 15) is 13.2 Å². The molecule has 0 saturated heterocycles. The number of hydrogen-bond acceptors (Lipinski definition) is 4. The highest BCUT2D eigenvalue weighted by Crippen LogP contribution is 2.27. The summed E-state index contributed by atoms with van der Waals surface area (Å²) in [4.78, 5) is 12.8. The first kappa shape index (κ1) is 27.4. The van der Waals surface area contributed by atoms with Crippen LogP contribution in [0.15, 0.2) is 88.9 Å². The Morgan fingerprint density at radius 3 is 2.29 bits per heavy atom. The molecule has 1 N–H and O–H groups in total. The summed E-state index contributed by atoms with van der Waals surface area (Å²) < 4.78 is 30.0. The number of amides is 1. The van der Waals surface area contributed by atoms with Gasteiger partial charge in [-0.25, -0.2) is 13.8 Å². The van der Waals surface area contributed by atoms with E-state index in [-0.39, 0.29) is 10.6 Å². The van der Waals surface area contributed by atoms with Crippen LogP contribution in [0.2, 0.25) is 10.0 Å². The number of rotatable bonds is 8. The second kappa shape index (κ2) is 11.4. The molecule has 1 aromatic heterocycles. The molecule has 7 nitrogen and oxygen atoms in total. The molecule has 1 heterocycles. The zero-order valence-electron chi connectivity index (χ0n) is 21.0. The third-order valence-electron chi connectivity index (χ3n) is 5.94. The Morgan fingerprint density at radius 2 is 1.63 bits per heavy atom. The number of carbonyl (C=O) groups is 1. The van der Waals surface area contributed by atoms with Crippen molar-refractivity contribution in [1.29, 1.82) is 0 Å². The van der Waals surface area contributed by atoms with Gasteiger partial charge in [-0.15, -0.1) is 0 Å². The third kappa shape index (κ3) is 6.10. The molecule has 0 saturated carbocycles. The van der Waals surface area contributed by atoms with Gasteiger partial charge < -0.3 is 4.57 Å². The molecule has 4 rings (SSSR count). The number of nitrogens with zero attached hydrogens (tertiary/aromatic N) is 3. The zero-order chi connectivity index (χ0) is 27.4. The number of anilines is 1. The van der Waals surface area contributed by atoms with E-state index in [0.29, 0.717) is 10.0 Å². The topological polar surface area (TPSA) is 83.8 Å². The van der Waals surface area contributed by atoms with E-state index in [2.05, 4.69) is 15.1 Å². The molecule has 3 aromatic carbocycles. The van der Waals surface area contributed by atoms with Crippen molar-refractivity contribution in [3.8, 4) is 5.69 Å². The summed E-state index contributed by atoms with van der Waals surface area (Å²) in [6.45, 7) is 5.49. The van der Waals surface area contributed by atoms with E-state index >= 15 is 0 Å². The van der Waals surface area contributed by atoms with Crippen LogP contribution in [0.1, 0.15) is 22.5 Å². The summed E-state index contributed by atoms with van der Waals surface area (Å²) in [6, 6.07) is 22.1. The van der Waals surface area contributed by atoms with Crippen LogP contribution in [0.25, 0.3) is 5.69 Å². The average molecular weight is 570 g/mol. The van der Waals surface area contributed by atoms with Crippen molar-refractivity contribution in [1.82, 2.24) is 9.99 Å². The molecule has 38 heavy (non-hydrogen) atoms. The highest BCUT2D eigenvalue weighted by molar-refractivity contribution is 7.92. The smallest absolute Gasteiger partial charge is 0.264 e. The number of carbonyl (C=O) groups excluding carboxylic acids is 1. The van der Waals surface area contributed by atoms with E-state index in [0.717, 1.165) is 26.9 Å². The van der Waals surface area contributed by atoms with E-state index < -0.39 is 22.5 Å². The SMILES string of the molecule is Cc1ccc(-n2c(C)cc(/C=N\NC(=O)CN(c3cccc(Cl)c3)S(=O)(=O)c3ccc(Cl)cc3)c2C)cc1. The minimum atomic E-state index is -4.10. The van der Waals surface area contributed by atoms with Crippen LogP contribution in [0.3, 0.4) is 0 Å². The molecular formula is C28H26Cl2N4O3S. The lowest BCUT2D eigenvalue weighted by atomic mass is 10.2. The van der Waals surface area contributed by atoms with Gasteiger partial charge in [0.2, 0.25) is 0 Å². The number of aryl methyl sites for hydroxylation is 2. The Labute approximate surface area is 232 Å². The van der Waals surface area contributed by atoms with Crippen LogP contribution in [0.4, 0.5) is 5.69 Å². The Hall–Kier alpha value is -3.59. The minimum absolute atomic E-state index is 0.0123. The van der Waals surface area contributed by atoms with Crippen molar-refractivity contribution in [2.75, 3.05) is 10.8 Å². The standard InChI is InChI=1S/C28H26Cl2N4O3S/c1-19-7-11-25(12-8-19)34-20(2)15-22(21(34)3)17-31-32-28(35)18-33(26-6-4-5-24(30)16-26)38(36,37)27-13-9-23(29)10-14-27/h4-17H,18H2,1-3H3,(H,32,35)/b31-17-. The van der Waals surface area contributed by atoms with E-state index in [4.69, 9.17) is 23.2 Å². The first-order valence-corrected chi connectivity index (χ1v) is 13.9. The molecular weight excluding hydrogens is 543 g/mol. The number of nitrogens with one attached hydrogen (secondary N) is 1. The molecule has 10 heteroatoms. The molecule has 0 bridgehead atoms. The number of benzene rings is 3. The normalized spacial score (nSPS) is 11.6. The second-order valence-corrected chi connectivity index (χ2v) is 11.5. The Balaban J connectivity index is 1.55. The molecule has 196 valence electrons. The predicted octanol–water partition coefficient (Wildman–Crippen LogP) is 6.05. The summed E-state index contributed by atoms with van der Waals surface area (Å²) in [5, 5.41) is 4.82. The van der Waals surface area contributed by atoms with Gasteiger partial charge >= 0.3 is 0 Å². The van der Waals surface area contributed by atoms with Crippen LogP contribution in [0, 0.1) is 20.8 Å². The second-order valence-electron chi connectivity index (χ2n) is 8.74. The lowest BCUT2D eigenvalue weighted by Crippen LogP contribution is -2.39. The van der Waals surface area contributed by atoms with Crippen molar-refractivity contribution >= 4 is 51.0 Å². The summed E-state index contributed by atoms with van der Waals surface area (Å²) in [5.41, 5.74) is 7.68. The van der Waals surface area contributed by atoms with Crippen LogP contribution in [0.5, 0.6) is 0 Å². The number of halogens is 2. The van der Waals surface area contributed by atoms with Crippen molar-refractivity contribution in [3.63, 3.8) is 0 Å². The maximum absolute atomic E-state index is 13.4. The van der Waals surface area contributed by atoms with Gasteiger partial charge in [-0.1, -0.05) is 47.0 Å². The lowest BCUT2D eigenvalue weighted by molar-refractivity contribution is -0.119. The summed E-state index contributed by atoms with van der Waals surface area (Å²) in [7, 11) is -4.10. The molecule has 0 aliphatic rings. The van der Waals surface area contributed by atoms with Crippen LogP contribution in [-0.2, 0) is 14.8 Å². The molecule has 0 aliphatic carbocycles. The van der Waals surface area contributed by atoms with Gasteiger partial charge in [0.15, 0.2) is 0 Å². The fraction of sp³-hybridized carbons (Fsp3) is 0.143. The molecule has 1 amide bonds. The van der Waals surface area contributed by atoms with Crippen LogP contribution >= 0.6 is 23.2 Å². The average Bonchev–Trinajstić information content (AvgIpc) is 3.16. The first-order chi connectivity index (χ1) is 18.1. The molecule has 0 spiro atoms. The number of aromatic nitrogens is 1. The van der Waals surface area contributed by atoms with Gasteiger partial charge in [-0.2, -0.15) is 5.10 Å². The number of sulfonamides is 1. The summed E-state index contributed by atoms with van der Waals surface area (Å²) in [5.74, 6) is -0.619. The quantitative estimate of drug-likeness (QED) is 0.207. The number of hydrogen-bond donors (Lipinski definition) is 1. The van der Waals surface area contributed by atoms with E-state index in [1.54, 1.807) is 24.4 Å². The monoisotopic (exact) mass is 568 g/mol. The highest BCUT2D eigenvalue weighted by Gasteiger charge is 2.27. The van der Waals surface area contributed by atoms with Gasteiger partial charge in [0.05, 0.1) is 16.8 Å². The van der Waals surface area contributed by atoms with Gasteiger partial charge in [0.1, 0.15) is 6.54 Å². The Kier molecular flexibility index (Phi) is 8.26. The largest absolute Gasteiger partial charge is 0.318 e. The van der Waals surface area contributed by atoms with Gasteiger partial charge in [-0.05, 0) is 81.4 Å². The van der Waals surface area contributed by atoms with Crippen molar-refractivity contribution in [2.24, 2.45) is 5.10 Å². The van der Waals surface area contributed by atoms with Crippen molar-refractivity contribution < 1.29 is 13.2 Å². The zero-order valence-corrected chi connectivity index (χ0v) is 23.3. The van der Waals surface area contributed by atoms with Gasteiger partial charge in [0.25, 0.3) is 15.9 Å². The molecule has 4 aromatic rings. The lowest BCUT2D eigenvalue weighted by Gasteiger charge is -2.23. The molecule has 0 atom stereocenters. The first-order valence-electron chi connectivity index (χ1n) is 11.7. The van der Waals surface area contributed by atoms with Crippen molar-refractivity contribution in [2.45, 2.75) is 25.7 Å². The van der Waals surface area contributed by atoms with E-state index in [1.807, 2.05) is 51.1 Å². The fourth-order valence-electron chi connectivity index (χ4n) is 4.03.